The molecule has 3 fully saturated rings. The van der Waals surface area contributed by atoms with Crippen LogP contribution in [0.4, 0.5) is 19.0 Å². The molecule has 2 aromatic carbocycles. The minimum atomic E-state index is -4.27. The maximum atomic E-state index is 13.0. The van der Waals surface area contributed by atoms with Crippen LogP contribution in [0.2, 0.25) is 0 Å². The predicted molar refractivity (Wildman–Crippen MR) is 178 cm³/mol. The standard InChI is InChI=1S/C34H39F3N8O2S/c1-48(46,47)44-13-10-41(11-14-44)12-15-45-28(20-38)18-27-16-26(3-5-31(27)45)21-42-8-6-33(7-9-42)22-43(23-33)32-29-17-25(19-34(35,36)37)2-4-30(29)39-24-40-32/h2-5,16-18,24H,6-15,19,21-23H2,1H3. The number of nitriles is 1. The molecule has 0 radical (unpaired) electrons. The highest BCUT2D eigenvalue weighted by atomic mass is 32.2. The van der Waals surface area contributed by atoms with Gasteiger partial charge in [-0.2, -0.15) is 22.7 Å². The van der Waals surface area contributed by atoms with Gasteiger partial charge in [-0.25, -0.2) is 18.4 Å². The van der Waals surface area contributed by atoms with E-state index >= 15 is 0 Å². The molecular formula is C34H39F3N8O2S. The van der Waals surface area contributed by atoms with E-state index in [-0.39, 0.29) is 11.0 Å². The third kappa shape index (κ3) is 6.87. The molecule has 0 atom stereocenters. The number of halogens is 3. The third-order valence-electron chi connectivity index (χ3n) is 10.3. The minimum absolute atomic E-state index is 0.178. The van der Waals surface area contributed by atoms with Crippen LogP contribution >= 0.6 is 0 Å². The molecule has 3 aliphatic heterocycles. The van der Waals surface area contributed by atoms with Gasteiger partial charge in [-0.3, -0.25) is 9.80 Å². The summed E-state index contributed by atoms with van der Waals surface area (Å²) in [7, 11) is -3.17. The fourth-order valence-electron chi connectivity index (χ4n) is 7.64. The molecule has 48 heavy (non-hydrogen) atoms. The Kier molecular flexibility index (Phi) is 8.60. The summed E-state index contributed by atoms with van der Waals surface area (Å²) in [5.74, 6) is 0.712. The lowest BCUT2D eigenvalue weighted by Crippen LogP contribution is -2.60. The van der Waals surface area contributed by atoms with Crippen molar-refractivity contribution >= 4 is 37.6 Å². The average Bonchev–Trinajstić information content (AvgIpc) is 3.39. The van der Waals surface area contributed by atoms with E-state index < -0.39 is 22.6 Å². The number of piperidine rings is 1. The van der Waals surface area contributed by atoms with Crippen LogP contribution in [-0.4, -0.2) is 108 Å². The maximum absolute atomic E-state index is 13.0. The molecule has 0 aliphatic carbocycles. The Hall–Kier alpha value is -3.77. The Labute approximate surface area is 278 Å². The number of fused-ring (bicyclic) bond motifs is 2. The smallest absolute Gasteiger partial charge is 0.355 e. The molecule has 14 heteroatoms. The number of hydrogen-bond donors (Lipinski definition) is 0. The van der Waals surface area contributed by atoms with Crippen LogP contribution < -0.4 is 4.90 Å². The molecule has 0 N–H and O–H groups in total. The summed E-state index contributed by atoms with van der Waals surface area (Å²) in [5, 5.41) is 11.6. The van der Waals surface area contributed by atoms with Gasteiger partial charge < -0.3 is 9.47 Å². The Morgan fingerprint density at radius 2 is 1.62 bits per heavy atom. The van der Waals surface area contributed by atoms with E-state index in [1.165, 1.54) is 28.5 Å². The zero-order chi connectivity index (χ0) is 33.7. The van der Waals surface area contributed by atoms with Gasteiger partial charge in [0.2, 0.25) is 10.0 Å². The Morgan fingerprint density at radius 3 is 2.31 bits per heavy atom. The summed E-state index contributed by atoms with van der Waals surface area (Å²) < 4.78 is 66.4. The molecule has 1 spiro atoms. The zero-order valence-corrected chi connectivity index (χ0v) is 27.8. The van der Waals surface area contributed by atoms with E-state index in [4.69, 9.17) is 0 Å². The highest BCUT2D eigenvalue weighted by molar-refractivity contribution is 7.88. The second kappa shape index (κ2) is 12.6. The molecule has 2 aromatic heterocycles. The first-order valence-corrected chi connectivity index (χ1v) is 18.2. The van der Waals surface area contributed by atoms with Crippen molar-refractivity contribution < 1.29 is 21.6 Å². The summed E-state index contributed by atoms with van der Waals surface area (Å²) in [5.41, 5.74) is 3.91. The van der Waals surface area contributed by atoms with Crippen LogP contribution in [0.1, 0.15) is 29.7 Å². The van der Waals surface area contributed by atoms with Crippen molar-refractivity contribution in [1.82, 2.24) is 28.6 Å². The fourth-order valence-corrected chi connectivity index (χ4v) is 8.46. The van der Waals surface area contributed by atoms with Gasteiger partial charge in [0.15, 0.2) is 0 Å². The number of nitrogens with zero attached hydrogens (tertiary/aromatic N) is 8. The monoisotopic (exact) mass is 680 g/mol. The summed E-state index contributed by atoms with van der Waals surface area (Å²) in [6.45, 7) is 8.16. The number of piperazine rings is 1. The van der Waals surface area contributed by atoms with Gasteiger partial charge in [-0.05, 0) is 67.4 Å². The summed E-state index contributed by atoms with van der Waals surface area (Å²) in [6.07, 6.45) is -0.409. The first-order valence-electron chi connectivity index (χ1n) is 16.4. The minimum Gasteiger partial charge on any atom is -0.355 e. The van der Waals surface area contributed by atoms with E-state index in [1.54, 1.807) is 12.1 Å². The van der Waals surface area contributed by atoms with Crippen LogP contribution in [0.15, 0.2) is 48.8 Å². The molecule has 3 aliphatic rings. The Balaban J connectivity index is 0.946. The van der Waals surface area contributed by atoms with E-state index in [9.17, 15) is 26.9 Å². The van der Waals surface area contributed by atoms with Crippen molar-refractivity contribution in [2.75, 3.05) is 70.1 Å². The number of benzene rings is 2. The summed E-state index contributed by atoms with van der Waals surface area (Å²) in [4.78, 5) is 15.7. The topological polar surface area (TPSA) is 102 Å². The van der Waals surface area contributed by atoms with Crippen molar-refractivity contribution in [3.05, 3.63) is 65.6 Å². The molecule has 5 heterocycles. The lowest BCUT2D eigenvalue weighted by molar-refractivity contribution is -0.127. The van der Waals surface area contributed by atoms with Gasteiger partial charge in [0.1, 0.15) is 23.9 Å². The number of hydrogen-bond acceptors (Lipinski definition) is 8. The number of sulfonamides is 1. The van der Waals surface area contributed by atoms with Crippen molar-refractivity contribution in [3.63, 3.8) is 0 Å². The maximum Gasteiger partial charge on any atom is 0.393 e. The molecule has 0 amide bonds. The molecule has 0 bridgehead atoms. The highest BCUT2D eigenvalue weighted by Gasteiger charge is 2.45. The predicted octanol–water partition coefficient (Wildman–Crippen LogP) is 4.24. The molecule has 4 aromatic rings. The SMILES string of the molecule is CS(=O)(=O)N1CCN(CCn2c(C#N)cc3cc(CN4CCC5(CC4)CN(c4ncnc6ccc(CC(F)(F)F)cc46)C5)ccc32)CC1. The van der Waals surface area contributed by atoms with E-state index in [0.717, 1.165) is 63.0 Å². The van der Waals surface area contributed by atoms with E-state index in [1.807, 2.05) is 6.07 Å². The second-order valence-electron chi connectivity index (χ2n) is 13.7. The number of likely N-dealkylation sites (tertiary alicyclic amines) is 1. The zero-order valence-electron chi connectivity index (χ0n) is 27.0. The van der Waals surface area contributed by atoms with Gasteiger partial charge >= 0.3 is 6.18 Å². The van der Waals surface area contributed by atoms with Crippen LogP contribution in [0.5, 0.6) is 0 Å². The highest BCUT2D eigenvalue weighted by Crippen LogP contribution is 2.44. The quantitative estimate of drug-likeness (QED) is 0.273. The first kappa shape index (κ1) is 32.8. The van der Waals surface area contributed by atoms with Crippen LogP contribution in [0, 0.1) is 16.7 Å². The van der Waals surface area contributed by atoms with E-state index in [0.29, 0.717) is 55.1 Å². The second-order valence-corrected chi connectivity index (χ2v) is 15.6. The number of aromatic nitrogens is 3. The summed E-state index contributed by atoms with van der Waals surface area (Å²) >= 11 is 0. The number of rotatable bonds is 8. The summed E-state index contributed by atoms with van der Waals surface area (Å²) in [6, 6.07) is 15.5. The van der Waals surface area contributed by atoms with Gasteiger partial charge in [0, 0.05) is 80.6 Å². The molecule has 254 valence electrons. The Bertz CT molecular complexity index is 1970. The van der Waals surface area contributed by atoms with Crippen LogP contribution in [-0.2, 0) is 29.5 Å². The van der Waals surface area contributed by atoms with Gasteiger partial charge in [-0.15, -0.1) is 0 Å². The number of anilines is 1. The van der Waals surface area contributed by atoms with Crippen LogP contribution in [0.25, 0.3) is 21.8 Å². The lowest BCUT2D eigenvalue weighted by Gasteiger charge is -2.54. The third-order valence-corrected chi connectivity index (χ3v) is 11.6. The van der Waals surface area contributed by atoms with Gasteiger partial charge in [-0.1, -0.05) is 12.1 Å². The fraction of sp³-hybridized carbons (Fsp3) is 0.500. The van der Waals surface area contributed by atoms with Crippen molar-refractivity contribution in [2.24, 2.45) is 5.41 Å². The average molecular weight is 681 g/mol. The lowest BCUT2D eigenvalue weighted by atomic mass is 9.72. The van der Waals surface area contributed by atoms with Crippen molar-refractivity contribution in [3.8, 4) is 6.07 Å². The number of alkyl halides is 3. The van der Waals surface area contributed by atoms with Crippen molar-refractivity contribution in [1.29, 1.82) is 5.26 Å². The molecule has 10 nitrogen and oxygen atoms in total. The molecule has 0 unspecified atom stereocenters. The van der Waals surface area contributed by atoms with Gasteiger partial charge in [0.25, 0.3) is 0 Å². The Morgan fingerprint density at radius 1 is 0.896 bits per heavy atom. The largest absolute Gasteiger partial charge is 0.393 e. The molecular weight excluding hydrogens is 641 g/mol. The van der Waals surface area contributed by atoms with Crippen molar-refractivity contribution in [2.45, 2.75) is 38.5 Å². The molecule has 3 saturated heterocycles. The van der Waals surface area contributed by atoms with E-state index in [2.05, 4.69) is 53.5 Å². The first-order chi connectivity index (χ1) is 22.9. The van der Waals surface area contributed by atoms with Crippen LogP contribution in [0.3, 0.4) is 0 Å². The molecule has 0 saturated carbocycles. The van der Waals surface area contributed by atoms with Gasteiger partial charge in [0.05, 0.1) is 18.2 Å². The normalized spacial score (nSPS) is 19.6. The molecule has 7 rings (SSSR count).